The minimum absolute atomic E-state index is 0.128. The molecular weight excluding hydrogens is 364 g/mol. The van der Waals surface area contributed by atoms with Crippen molar-refractivity contribution < 1.29 is 47.9 Å². The van der Waals surface area contributed by atoms with Crippen molar-refractivity contribution in [2.24, 2.45) is 11.7 Å². The van der Waals surface area contributed by atoms with Crippen LogP contribution in [0.2, 0.25) is 0 Å². The summed E-state index contributed by atoms with van der Waals surface area (Å²) in [7, 11) is -4.67. The highest BCUT2D eigenvalue weighted by Gasteiger charge is 2.31. The topological polar surface area (TPSA) is 231 Å². The van der Waals surface area contributed by atoms with Gasteiger partial charge in [-0.2, -0.15) is 8.42 Å². The van der Waals surface area contributed by atoms with Crippen LogP contribution in [0.4, 0.5) is 0 Å². The summed E-state index contributed by atoms with van der Waals surface area (Å²) in [6.45, 7) is 2.51. The number of aliphatic hydroxyl groups excluding tert-OH is 5. The molecule has 10 N–H and O–H groups in total. The second-order valence-corrected chi connectivity index (χ2v) is 6.62. The third kappa shape index (κ3) is 14.0. The zero-order valence-electron chi connectivity index (χ0n) is 13.9. The molecule has 0 spiro atoms. The Morgan fingerprint density at radius 2 is 1.52 bits per heavy atom. The number of hydrogen-bond acceptors (Lipinski definition) is 9. The number of rotatable bonds is 9. The molecule has 0 bridgehead atoms. The lowest BCUT2D eigenvalue weighted by Crippen LogP contribution is -2.56. The number of aliphatic hydroxyl groups is 5. The van der Waals surface area contributed by atoms with Crippen LogP contribution in [-0.2, 0) is 15.2 Å². The lowest BCUT2D eigenvalue weighted by molar-refractivity contribution is -0.134. The summed E-state index contributed by atoms with van der Waals surface area (Å²) in [5, 5.41) is 49.2. The quantitative estimate of drug-likeness (QED) is 0.173. The highest BCUT2D eigenvalue weighted by molar-refractivity contribution is 7.79. The first-order valence-electron chi connectivity index (χ1n) is 7.26. The van der Waals surface area contributed by atoms with E-state index in [1.807, 2.05) is 13.8 Å². The molecule has 0 aliphatic rings. The number of hydrogen-bond donors (Lipinski definition) is 9. The molecular formula is C12H28N2O10S. The van der Waals surface area contributed by atoms with Gasteiger partial charge in [0.1, 0.15) is 12.2 Å². The van der Waals surface area contributed by atoms with Crippen molar-refractivity contribution in [1.29, 1.82) is 0 Å². The summed E-state index contributed by atoms with van der Waals surface area (Å²) in [5.41, 5.74) is 5.30. The van der Waals surface area contributed by atoms with Crippen molar-refractivity contribution in [1.82, 2.24) is 5.32 Å². The Balaban J connectivity index is 0. The molecule has 5 atom stereocenters. The summed E-state index contributed by atoms with van der Waals surface area (Å²) < 4.78 is 31.6. The molecule has 0 saturated heterocycles. The van der Waals surface area contributed by atoms with E-state index in [0.717, 1.165) is 0 Å². The average Bonchev–Trinajstić information content (AvgIpc) is 2.47. The molecule has 1 amide bonds. The molecule has 0 rings (SSSR count). The average molecular weight is 392 g/mol. The smallest absolute Gasteiger partial charge is 0.394 e. The van der Waals surface area contributed by atoms with Gasteiger partial charge in [-0.25, -0.2) is 0 Å². The van der Waals surface area contributed by atoms with Crippen LogP contribution in [0.3, 0.4) is 0 Å². The summed E-state index contributed by atoms with van der Waals surface area (Å²) >= 11 is 0. The lowest BCUT2D eigenvalue weighted by Gasteiger charge is -2.28. The molecule has 13 heteroatoms. The van der Waals surface area contributed by atoms with Gasteiger partial charge < -0.3 is 36.6 Å². The van der Waals surface area contributed by atoms with Gasteiger partial charge in [0, 0.05) is 0 Å². The van der Waals surface area contributed by atoms with E-state index in [9.17, 15) is 20.1 Å². The fourth-order valence-electron chi connectivity index (χ4n) is 1.69. The van der Waals surface area contributed by atoms with Crippen LogP contribution in [-0.4, -0.2) is 92.6 Å². The Bertz CT molecular complexity index is 465. The van der Waals surface area contributed by atoms with E-state index in [1.165, 1.54) is 0 Å². The van der Waals surface area contributed by atoms with E-state index < -0.39 is 59.9 Å². The molecule has 0 fully saturated rings. The van der Waals surface area contributed by atoms with Gasteiger partial charge in [-0.1, -0.05) is 13.8 Å². The maximum absolute atomic E-state index is 11.6. The van der Waals surface area contributed by atoms with Crippen LogP contribution in [0.5, 0.6) is 0 Å². The van der Waals surface area contributed by atoms with Gasteiger partial charge in [0.25, 0.3) is 5.91 Å². The highest BCUT2D eigenvalue weighted by Crippen LogP contribution is 2.11. The molecule has 12 nitrogen and oxygen atoms in total. The third-order valence-corrected chi connectivity index (χ3v) is 2.93. The van der Waals surface area contributed by atoms with E-state index in [-0.39, 0.29) is 5.92 Å². The van der Waals surface area contributed by atoms with Crippen molar-refractivity contribution in [2.75, 3.05) is 13.2 Å². The Labute approximate surface area is 145 Å². The summed E-state index contributed by atoms with van der Waals surface area (Å²) in [5.74, 6) is -0.801. The first kappa shape index (κ1) is 26.3. The molecule has 152 valence electrons. The van der Waals surface area contributed by atoms with Crippen LogP contribution in [0.15, 0.2) is 0 Å². The summed E-state index contributed by atoms with van der Waals surface area (Å²) in [4.78, 5) is 11.6. The first-order valence-corrected chi connectivity index (χ1v) is 8.65. The van der Waals surface area contributed by atoms with Crippen molar-refractivity contribution in [3.8, 4) is 0 Å². The predicted molar refractivity (Wildman–Crippen MR) is 85.7 cm³/mol. The van der Waals surface area contributed by atoms with Crippen LogP contribution in [0.25, 0.3) is 0 Å². The Kier molecular flexibility index (Phi) is 13.1. The number of amides is 1. The van der Waals surface area contributed by atoms with Gasteiger partial charge in [0.2, 0.25) is 0 Å². The minimum atomic E-state index is -4.67. The second-order valence-electron chi connectivity index (χ2n) is 5.72. The van der Waals surface area contributed by atoms with Crippen LogP contribution in [0, 0.1) is 5.92 Å². The molecule has 0 aliphatic carbocycles. The normalized spacial score (nSPS) is 17.7. The summed E-state index contributed by atoms with van der Waals surface area (Å²) in [6, 6.07) is -2.29. The monoisotopic (exact) mass is 392 g/mol. The summed E-state index contributed by atoms with van der Waals surface area (Å²) in [6.07, 6.45) is -3.85. The number of nitrogens with one attached hydrogen (secondary N) is 1. The molecule has 0 aromatic carbocycles. The largest absolute Gasteiger partial charge is 0.395 e. The van der Waals surface area contributed by atoms with Gasteiger partial charge in [-0.15, -0.1) is 0 Å². The second kappa shape index (κ2) is 12.5. The SMILES string of the molecule is CC(C)CC(O)C(O)C(CO)NC(=O)C(O)C(N)CO.O=S(=O)(O)O. The van der Waals surface area contributed by atoms with E-state index in [1.54, 1.807) is 0 Å². The molecule has 0 radical (unpaired) electrons. The highest BCUT2D eigenvalue weighted by atomic mass is 32.3. The van der Waals surface area contributed by atoms with Crippen molar-refractivity contribution >= 4 is 16.3 Å². The molecule has 0 aromatic rings. The predicted octanol–water partition coefficient (Wildman–Crippen LogP) is -3.74. The van der Waals surface area contributed by atoms with Crippen molar-refractivity contribution in [3.05, 3.63) is 0 Å². The number of carbonyl (C=O) groups is 1. The number of carbonyl (C=O) groups excluding carboxylic acids is 1. The molecule has 0 heterocycles. The van der Waals surface area contributed by atoms with Gasteiger partial charge >= 0.3 is 10.4 Å². The zero-order valence-corrected chi connectivity index (χ0v) is 14.7. The first-order chi connectivity index (χ1) is 11.2. The Morgan fingerprint density at radius 3 is 1.84 bits per heavy atom. The Morgan fingerprint density at radius 1 is 1.08 bits per heavy atom. The molecule has 0 aromatic heterocycles. The molecule has 25 heavy (non-hydrogen) atoms. The van der Waals surface area contributed by atoms with E-state index in [0.29, 0.717) is 6.42 Å². The van der Waals surface area contributed by atoms with Crippen LogP contribution in [0.1, 0.15) is 20.3 Å². The zero-order chi connectivity index (χ0) is 20.4. The molecule has 5 unspecified atom stereocenters. The fourth-order valence-corrected chi connectivity index (χ4v) is 1.69. The molecule has 0 aliphatic heterocycles. The van der Waals surface area contributed by atoms with Gasteiger partial charge in [0.15, 0.2) is 0 Å². The third-order valence-electron chi connectivity index (χ3n) is 2.93. The minimum Gasteiger partial charge on any atom is -0.395 e. The Hall–Kier alpha value is -0.900. The van der Waals surface area contributed by atoms with E-state index >= 15 is 0 Å². The van der Waals surface area contributed by atoms with Crippen molar-refractivity contribution in [2.45, 2.75) is 50.7 Å². The molecule has 0 saturated carbocycles. The van der Waals surface area contributed by atoms with E-state index in [4.69, 9.17) is 33.5 Å². The maximum Gasteiger partial charge on any atom is 0.394 e. The number of nitrogens with two attached hydrogens (primary N) is 1. The van der Waals surface area contributed by atoms with Gasteiger partial charge in [-0.05, 0) is 12.3 Å². The van der Waals surface area contributed by atoms with Crippen molar-refractivity contribution in [3.63, 3.8) is 0 Å². The maximum atomic E-state index is 11.6. The van der Waals surface area contributed by atoms with Crippen LogP contribution >= 0.6 is 0 Å². The fraction of sp³-hybridized carbons (Fsp3) is 0.917. The standard InChI is InChI=1S/C12H26N2O6.H2O4S/c1-6(2)3-9(17)11(19)8(5-16)14-12(20)10(18)7(13)4-15;1-5(2,3)4/h6-11,15-19H,3-5,13H2,1-2H3,(H,14,20);(H2,1,2,3,4). The van der Waals surface area contributed by atoms with Gasteiger partial charge in [-0.3, -0.25) is 13.9 Å². The van der Waals surface area contributed by atoms with Crippen LogP contribution < -0.4 is 11.1 Å². The van der Waals surface area contributed by atoms with Gasteiger partial charge in [0.05, 0.1) is 31.4 Å². The lowest BCUT2D eigenvalue weighted by atomic mass is 9.97. The van der Waals surface area contributed by atoms with E-state index in [2.05, 4.69) is 5.32 Å².